The van der Waals surface area contributed by atoms with E-state index < -0.39 is 0 Å². The number of aryl methyl sites for hydroxylation is 3. The predicted octanol–water partition coefficient (Wildman–Crippen LogP) is 4.51. The minimum Gasteiger partial charge on any atom is -0.496 e. The lowest BCUT2D eigenvalue weighted by molar-refractivity contribution is -0.0762. The number of carbonyl (C=O) groups excluding carboxylic acids is 1. The zero-order valence-corrected chi connectivity index (χ0v) is 22.3. The van der Waals surface area contributed by atoms with E-state index in [2.05, 4.69) is 4.98 Å². The molecule has 0 radical (unpaired) electrons. The van der Waals surface area contributed by atoms with E-state index in [1.807, 2.05) is 54.5 Å². The standard InChI is InChI=1S/C28H29N7O3/c1-15-25-22(33(3)27(15)28(36)34(4)38-6)12-24(32-26(25)17-7-8-17)35-21-11-20(31-16(2)18(21)14-30-35)19-13-29-10-9-23(19)37-5/h9-14,17H,7-8H2,1-6H3. The lowest BCUT2D eigenvalue weighted by Crippen LogP contribution is -2.27. The number of carbonyl (C=O) groups is 1. The van der Waals surface area contributed by atoms with Crippen LogP contribution in [0.3, 0.4) is 0 Å². The molecule has 6 rings (SSSR count). The van der Waals surface area contributed by atoms with E-state index in [9.17, 15) is 4.79 Å². The van der Waals surface area contributed by atoms with Gasteiger partial charge in [0.1, 0.15) is 11.4 Å². The summed E-state index contributed by atoms with van der Waals surface area (Å²) < 4.78 is 9.35. The second-order valence-electron chi connectivity index (χ2n) is 9.71. The van der Waals surface area contributed by atoms with Crippen LogP contribution in [-0.4, -0.2) is 61.5 Å². The molecule has 1 saturated carbocycles. The van der Waals surface area contributed by atoms with Gasteiger partial charge in [0.2, 0.25) is 0 Å². The molecule has 0 atom stereocenters. The van der Waals surface area contributed by atoms with Gasteiger partial charge in [-0.05, 0) is 44.4 Å². The molecule has 1 aliphatic rings. The largest absolute Gasteiger partial charge is 0.496 e. The van der Waals surface area contributed by atoms with Crippen molar-refractivity contribution in [2.75, 3.05) is 21.3 Å². The molecule has 1 aliphatic carbocycles. The minimum atomic E-state index is -0.201. The fourth-order valence-electron chi connectivity index (χ4n) is 5.22. The van der Waals surface area contributed by atoms with E-state index in [0.29, 0.717) is 23.2 Å². The molecule has 10 heteroatoms. The lowest BCUT2D eigenvalue weighted by atomic mass is 10.1. The van der Waals surface area contributed by atoms with Crippen LogP contribution in [0.4, 0.5) is 0 Å². The van der Waals surface area contributed by atoms with Gasteiger partial charge < -0.3 is 9.30 Å². The molecule has 194 valence electrons. The molecule has 0 spiro atoms. The highest BCUT2D eigenvalue weighted by atomic mass is 16.7. The van der Waals surface area contributed by atoms with Crippen LogP contribution in [0.15, 0.2) is 36.8 Å². The van der Waals surface area contributed by atoms with Crippen molar-refractivity contribution in [1.82, 2.24) is 34.4 Å². The highest BCUT2D eigenvalue weighted by Gasteiger charge is 2.32. The van der Waals surface area contributed by atoms with Crippen LogP contribution < -0.4 is 4.74 Å². The van der Waals surface area contributed by atoms with E-state index in [1.165, 1.54) is 12.2 Å². The average Bonchev–Trinajstić information content (AvgIpc) is 3.64. The SMILES string of the molecule is COc1ccncc1-c1cc2c(cnn2-c2cc3c(c(C4CC4)n2)c(C)c(C(=O)N(C)OC)n3C)c(C)n1. The summed E-state index contributed by atoms with van der Waals surface area (Å²) in [6, 6.07) is 5.82. The number of methoxy groups -OCH3 is 1. The fraction of sp³-hybridized carbons (Fsp3) is 0.321. The van der Waals surface area contributed by atoms with E-state index in [0.717, 1.165) is 62.9 Å². The molecule has 0 aromatic carbocycles. The molecule has 0 unspecified atom stereocenters. The Labute approximate surface area is 219 Å². The zero-order chi connectivity index (χ0) is 26.7. The number of nitrogens with zero attached hydrogens (tertiary/aromatic N) is 7. The summed E-state index contributed by atoms with van der Waals surface area (Å²) in [7, 11) is 6.65. The molecule has 0 N–H and O–H groups in total. The molecule has 5 aromatic rings. The van der Waals surface area contributed by atoms with Crippen LogP contribution >= 0.6 is 0 Å². The topological polar surface area (TPSA) is 100 Å². The Morgan fingerprint density at radius 1 is 1.11 bits per heavy atom. The summed E-state index contributed by atoms with van der Waals surface area (Å²) in [6.07, 6.45) is 7.43. The van der Waals surface area contributed by atoms with Gasteiger partial charge in [0.15, 0.2) is 5.82 Å². The molecule has 0 saturated heterocycles. The number of pyridine rings is 3. The maximum Gasteiger partial charge on any atom is 0.294 e. The number of amides is 1. The summed E-state index contributed by atoms with van der Waals surface area (Å²) in [5.41, 5.74) is 6.72. The first-order valence-electron chi connectivity index (χ1n) is 12.5. The summed E-state index contributed by atoms with van der Waals surface area (Å²) >= 11 is 0. The molecule has 0 bridgehead atoms. The minimum absolute atomic E-state index is 0.201. The van der Waals surface area contributed by atoms with Gasteiger partial charge >= 0.3 is 0 Å². The number of hydroxylamine groups is 2. The monoisotopic (exact) mass is 511 g/mol. The van der Waals surface area contributed by atoms with Crippen molar-refractivity contribution in [3.05, 3.63) is 59.4 Å². The average molecular weight is 512 g/mol. The van der Waals surface area contributed by atoms with Crippen LogP contribution in [0.5, 0.6) is 5.75 Å². The van der Waals surface area contributed by atoms with Crippen LogP contribution in [0, 0.1) is 13.8 Å². The molecule has 38 heavy (non-hydrogen) atoms. The van der Waals surface area contributed by atoms with E-state index in [1.54, 1.807) is 26.6 Å². The van der Waals surface area contributed by atoms with Gasteiger partial charge in [-0.25, -0.2) is 14.7 Å². The number of hydrogen-bond acceptors (Lipinski definition) is 7. The van der Waals surface area contributed by atoms with Gasteiger partial charge in [-0.3, -0.25) is 19.6 Å². The molecule has 0 aliphatic heterocycles. The second kappa shape index (κ2) is 8.91. The van der Waals surface area contributed by atoms with Gasteiger partial charge in [-0.2, -0.15) is 5.10 Å². The lowest BCUT2D eigenvalue weighted by Gasteiger charge is -2.14. The predicted molar refractivity (Wildman–Crippen MR) is 143 cm³/mol. The Bertz CT molecular complexity index is 1730. The highest BCUT2D eigenvalue weighted by Crippen LogP contribution is 2.44. The quantitative estimate of drug-likeness (QED) is 0.309. The van der Waals surface area contributed by atoms with Gasteiger partial charge in [0.05, 0.1) is 48.4 Å². The molecular formula is C28H29N7O3. The van der Waals surface area contributed by atoms with Crippen LogP contribution in [-0.2, 0) is 11.9 Å². The molecule has 5 heterocycles. The summed E-state index contributed by atoms with van der Waals surface area (Å²) in [4.78, 5) is 32.6. The van der Waals surface area contributed by atoms with Crippen molar-refractivity contribution in [1.29, 1.82) is 0 Å². The summed E-state index contributed by atoms with van der Waals surface area (Å²) in [5, 5.41) is 7.94. The van der Waals surface area contributed by atoms with Crippen molar-refractivity contribution in [3.63, 3.8) is 0 Å². The van der Waals surface area contributed by atoms with Crippen LogP contribution in [0.1, 0.15) is 46.2 Å². The summed E-state index contributed by atoms with van der Waals surface area (Å²) in [6.45, 7) is 3.95. The second-order valence-corrected chi connectivity index (χ2v) is 9.71. The van der Waals surface area contributed by atoms with Crippen molar-refractivity contribution in [2.45, 2.75) is 32.6 Å². The number of ether oxygens (including phenoxy) is 1. The Morgan fingerprint density at radius 3 is 2.61 bits per heavy atom. The van der Waals surface area contributed by atoms with Gasteiger partial charge in [0.25, 0.3) is 5.91 Å². The highest BCUT2D eigenvalue weighted by molar-refractivity contribution is 6.02. The molecule has 5 aromatic heterocycles. The summed E-state index contributed by atoms with van der Waals surface area (Å²) in [5.74, 6) is 1.56. The number of fused-ring (bicyclic) bond motifs is 2. The van der Waals surface area contributed by atoms with Gasteiger partial charge in [0, 0.05) is 54.9 Å². The van der Waals surface area contributed by atoms with Crippen molar-refractivity contribution < 1.29 is 14.4 Å². The third-order valence-corrected chi connectivity index (χ3v) is 7.42. The van der Waals surface area contributed by atoms with Crippen molar-refractivity contribution >= 4 is 27.7 Å². The van der Waals surface area contributed by atoms with E-state index >= 15 is 0 Å². The first-order chi connectivity index (χ1) is 18.3. The third-order valence-electron chi connectivity index (χ3n) is 7.42. The first-order valence-corrected chi connectivity index (χ1v) is 12.5. The maximum atomic E-state index is 13.2. The Hall–Kier alpha value is -4.31. The third kappa shape index (κ3) is 3.63. The van der Waals surface area contributed by atoms with Crippen LogP contribution in [0.25, 0.3) is 38.9 Å². The van der Waals surface area contributed by atoms with E-state index in [-0.39, 0.29) is 5.91 Å². The molecule has 10 nitrogen and oxygen atoms in total. The molecular weight excluding hydrogens is 482 g/mol. The number of hydrogen-bond donors (Lipinski definition) is 0. The van der Waals surface area contributed by atoms with Crippen LogP contribution in [0.2, 0.25) is 0 Å². The van der Waals surface area contributed by atoms with E-state index in [4.69, 9.17) is 24.6 Å². The Kier molecular flexibility index (Phi) is 5.64. The number of rotatable bonds is 6. The fourth-order valence-corrected chi connectivity index (χ4v) is 5.22. The first kappa shape index (κ1) is 24.1. The molecule has 1 amide bonds. The zero-order valence-electron chi connectivity index (χ0n) is 22.3. The smallest absolute Gasteiger partial charge is 0.294 e. The normalized spacial score (nSPS) is 13.4. The maximum absolute atomic E-state index is 13.2. The Balaban J connectivity index is 1.58. The number of aromatic nitrogens is 6. The molecule has 1 fully saturated rings. The Morgan fingerprint density at radius 2 is 1.89 bits per heavy atom. The van der Waals surface area contributed by atoms with Gasteiger partial charge in [-0.1, -0.05) is 0 Å². The van der Waals surface area contributed by atoms with Crippen molar-refractivity contribution in [3.8, 4) is 22.8 Å². The van der Waals surface area contributed by atoms with Crippen molar-refractivity contribution in [2.24, 2.45) is 7.05 Å². The van der Waals surface area contributed by atoms with Gasteiger partial charge in [-0.15, -0.1) is 0 Å².